The highest BCUT2D eigenvalue weighted by molar-refractivity contribution is 7.80. The van der Waals surface area contributed by atoms with Crippen molar-refractivity contribution in [1.29, 1.82) is 0 Å². The minimum absolute atomic E-state index is 0.149. The largest absolute Gasteiger partial charge is 0.497 e. The molecule has 5 heteroatoms. The molecule has 1 atom stereocenters. The molecule has 2 aromatic rings. The second-order valence-corrected chi connectivity index (χ2v) is 5.40. The Morgan fingerprint density at radius 3 is 2.55 bits per heavy atom. The molecule has 2 N–H and O–H groups in total. The Labute approximate surface area is 136 Å². The van der Waals surface area contributed by atoms with Crippen LogP contribution in [0.25, 0.3) is 0 Å². The lowest BCUT2D eigenvalue weighted by Crippen LogP contribution is -2.32. The van der Waals surface area contributed by atoms with Crippen LogP contribution < -0.4 is 15.4 Å². The van der Waals surface area contributed by atoms with Gasteiger partial charge in [0, 0.05) is 5.69 Å². The molecular weight excluding hydrogens is 294 g/mol. The molecule has 0 saturated heterocycles. The van der Waals surface area contributed by atoms with Crippen molar-refractivity contribution >= 4 is 23.1 Å². The number of benzene rings is 1. The van der Waals surface area contributed by atoms with Gasteiger partial charge in [-0.15, -0.1) is 0 Å². The van der Waals surface area contributed by atoms with Crippen LogP contribution >= 0.6 is 12.2 Å². The number of rotatable bonds is 5. The van der Waals surface area contributed by atoms with Gasteiger partial charge in [0.2, 0.25) is 0 Å². The highest BCUT2D eigenvalue weighted by Crippen LogP contribution is 2.20. The summed E-state index contributed by atoms with van der Waals surface area (Å²) in [5, 5.41) is 7.02. The molecule has 1 heterocycles. The quantitative estimate of drug-likeness (QED) is 0.821. The van der Waals surface area contributed by atoms with Gasteiger partial charge in [-0.1, -0.05) is 25.1 Å². The lowest BCUT2D eigenvalue weighted by molar-refractivity contribution is 0.414. The van der Waals surface area contributed by atoms with Crippen LogP contribution in [0.5, 0.6) is 5.75 Å². The Kier molecular flexibility index (Phi) is 5.72. The number of anilines is 1. The van der Waals surface area contributed by atoms with E-state index >= 15 is 0 Å². The van der Waals surface area contributed by atoms with Gasteiger partial charge in [-0.3, -0.25) is 0 Å². The Morgan fingerprint density at radius 1 is 1.23 bits per heavy atom. The molecule has 0 radical (unpaired) electrons. The lowest BCUT2D eigenvalue weighted by Gasteiger charge is -2.20. The van der Waals surface area contributed by atoms with E-state index in [-0.39, 0.29) is 6.04 Å². The van der Waals surface area contributed by atoms with Crippen LogP contribution in [0.15, 0.2) is 42.5 Å². The van der Waals surface area contributed by atoms with Gasteiger partial charge in [0.25, 0.3) is 0 Å². The zero-order valence-corrected chi connectivity index (χ0v) is 13.9. The van der Waals surface area contributed by atoms with Crippen molar-refractivity contribution in [3.05, 3.63) is 53.7 Å². The van der Waals surface area contributed by atoms with Crippen LogP contribution in [0.3, 0.4) is 0 Å². The summed E-state index contributed by atoms with van der Waals surface area (Å²) in [4.78, 5) is 4.39. The number of hydrogen-bond acceptors (Lipinski definition) is 3. The van der Waals surface area contributed by atoms with E-state index < -0.39 is 0 Å². The van der Waals surface area contributed by atoms with E-state index in [9.17, 15) is 0 Å². The predicted molar refractivity (Wildman–Crippen MR) is 94.4 cm³/mol. The predicted octanol–water partition coefficient (Wildman–Crippen LogP) is 3.84. The van der Waals surface area contributed by atoms with E-state index in [1.165, 1.54) is 5.56 Å². The second kappa shape index (κ2) is 7.75. The minimum atomic E-state index is 0.149. The molecular formula is C17H21N3OS. The summed E-state index contributed by atoms with van der Waals surface area (Å²) in [5.74, 6) is 1.60. The summed E-state index contributed by atoms with van der Waals surface area (Å²) in [5.41, 5.74) is 2.12. The molecule has 0 saturated carbocycles. The van der Waals surface area contributed by atoms with Gasteiger partial charge in [0.1, 0.15) is 11.6 Å². The lowest BCUT2D eigenvalue weighted by atomic mass is 10.0. The molecule has 0 aliphatic carbocycles. The Bertz CT molecular complexity index is 628. The Hall–Kier alpha value is -2.14. The number of hydrogen-bond donors (Lipinski definition) is 2. The summed E-state index contributed by atoms with van der Waals surface area (Å²) in [6.07, 6.45) is 0.926. The monoisotopic (exact) mass is 315 g/mol. The summed E-state index contributed by atoms with van der Waals surface area (Å²) in [6, 6.07) is 14.0. The summed E-state index contributed by atoms with van der Waals surface area (Å²) in [7, 11) is 1.67. The SMILES string of the molecule is CC[C@@H](NC(=S)Nc1cccc(C)n1)c1ccc(OC)cc1. The number of ether oxygens (including phenoxy) is 1. The highest BCUT2D eigenvalue weighted by Gasteiger charge is 2.11. The molecule has 116 valence electrons. The van der Waals surface area contributed by atoms with Crippen molar-refractivity contribution in [2.24, 2.45) is 0 Å². The van der Waals surface area contributed by atoms with Crippen molar-refractivity contribution in [1.82, 2.24) is 10.3 Å². The molecule has 0 aliphatic heterocycles. The maximum absolute atomic E-state index is 5.38. The Balaban J connectivity index is 2.01. The zero-order chi connectivity index (χ0) is 15.9. The fraction of sp³-hybridized carbons (Fsp3) is 0.294. The van der Waals surface area contributed by atoms with E-state index in [1.54, 1.807) is 7.11 Å². The number of methoxy groups -OCH3 is 1. The average molecular weight is 315 g/mol. The first-order valence-corrected chi connectivity index (χ1v) is 7.68. The molecule has 0 unspecified atom stereocenters. The van der Waals surface area contributed by atoms with E-state index in [4.69, 9.17) is 17.0 Å². The maximum atomic E-state index is 5.38. The van der Waals surface area contributed by atoms with Crippen LogP contribution in [-0.4, -0.2) is 17.2 Å². The Morgan fingerprint density at radius 2 is 1.95 bits per heavy atom. The first-order valence-electron chi connectivity index (χ1n) is 7.27. The summed E-state index contributed by atoms with van der Waals surface area (Å²) < 4.78 is 5.19. The first kappa shape index (κ1) is 16.2. The third-order valence-corrected chi connectivity index (χ3v) is 3.58. The fourth-order valence-corrected chi connectivity index (χ4v) is 2.43. The maximum Gasteiger partial charge on any atom is 0.172 e. The summed E-state index contributed by atoms with van der Waals surface area (Å²) >= 11 is 5.38. The van der Waals surface area contributed by atoms with Gasteiger partial charge in [-0.05, 0) is 55.4 Å². The van der Waals surface area contributed by atoms with E-state index in [0.29, 0.717) is 5.11 Å². The third kappa shape index (κ3) is 4.43. The standard InChI is InChI=1S/C17H21N3OS/c1-4-15(13-8-10-14(21-3)11-9-13)19-17(22)20-16-7-5-6-12(2)18-16/h5-11,15H,4H2,1-3H3,(H2,18,19,20,22)/t15-/m1/s1. The van der Waals surface area contributed by atoms with Gasteiger partial charge >= 0.3 is 0 Å². The number of aromatic nitrogens is 1. The average Bonchev–Trinajstić information content (AvgIpc) is 2.53. The molecule has 1 aromatic heterocycles. The second-order valence-electron chi connectivity index (χ2n) is 5.00. The van der Waals surface area contributed by atoms with Crippen LogP contribution in [0.2, 0.25) is 0 Å². The van der Waals surface area contributed by atoms with Crippen molar-refractivity contribution in [2.75, 3.05) is 12.4 Å². The first-order chi connectivity index (χ1) is 10.6. The zero-order valence-electron chi connectivity index (χ0n) is 13.1. The van der Waals surface area contributed by atoms with E-state index in [2.05, 4.69) is 22.5 Å². The van der Waals surface area contributed by atoms with Crippen molar-refractivity contribution in [2.45, 2.75) is 26.3 Å². The van der Waals surface area contributed by atoms with Gasteiger partial charge in [0.05, 0.1) is 13.2 Å². The van der Waals surface area contributed by atoms with Crippen molar-refractivity contribution in [3.63, 3.8) is 0 Å². The van der Waals surface area contributed by atoms with Gasteiger partial charge < -0.3 is 15.4 Å². The number of aryl methyl sites for hydroxylation is 1. The molecule has 0 fully saturated rings. The molecule has 0 spiro atoms. The number of nitrogens with one attached hydrogen (secondary N) is 2. The summed E-state index contributed by atoms with van der Waals surface area (Å²) in [6.45, 7) is 4.07. The molecule has 2 rings (SSSR count). The molecule has 0 bridgehead atoms. The molecule has 4 nitrogen and oxygen atoms in total. The number of nitrogens with zero attached hydrogens (tertiary/aromatic N) is 1. The normalized spacial score (nSPS) is 11.6. The molecule has 0 amide bonds. The minimum Gasteiger partial charge on any atom is -0.497 e. The van der Waals surface area contributed by atoms with Gasteiger partial charge in [-0.2, -0.15) is 0 Å². The van der Waals surface area contributed by atoms with Crippen LogP contribution in [0, 0.1) is 6.92 Å². The van der Waals surface area contributed by atoms with Crippen molar-refractivity contribution < 1.29 is 4.74 Å². The van der Waals surface area contributed by atoms with Crippen molar-refractivity contribution in [3.8, 4) is 5.75 Å². The molecule has 22 heavy (non-hydrogen) atoms. The fourth-order valence-electron chi connectivity index (χ4n) is 2.18. The van der Waals surface area contributed by atoms with E-state index in [1.807, 2.05) is 49.4 Å². The van der Waals surface area contributed by atoms with Crippen LogP contribution in [0.1, 0.15) is 30.6 Å². The highest BCUT2D eigenvalue weighted by atomic mass is 32.1. The molecule has 0 aliphatic rings. The number of pyridine rings is 1. The number of thiocarbonyl (C=S) groups is 1. The van der Waals surface area contributed by atoms with Gasteiger partial charge in [-0.25, -0.2) is 4.98 Å². The topological polar surface area (TPSA) is 46.2 Å². The van der Waals surface area contributed by atoms with Crippen LogP contribution in [0.4, 0.5) is 5.82 Å². The molecule has 1 aromatic carbocycles. The van der Waals surface area contributed by atoms with E-state index in [0.717, 1.165) is 23.7 Å². The van der Waals surface area contributed by atoms with Gasteiger partial charge in [0.15, 0.2) is 5.11 Å². The third-order valence-electron chi connectivity index (χ3n) is 3.36. The van der Waals surface area contributed by atoms with Crippen LogP contribution in [-0.2, 0) is 0 Å². The smallest absolute Gasteiger partial charge is 0.172 e.